The van der Waals surface area contributed by atoms with Crippen LogP contribution in [-0.2, 0) is 4.43 Å². The van der Waals surface area contributed by atoms with E-state index < -0.39 is 0 Å². The van der Waals surface area contributed by atoms with Crippen molar-refractivity contribution in [2.75, 3.05) is 6.61 Å². The summed E-state index contributed by atoms with van der Waals surface area (Å²) in [5.41, 5.74) is 0. The second kappa shape index (κ2) is 9.18. The minimum atomic E-state index is 0.802. The first-order valence-electron chi connectivity index (χ1n) is 4.26. The summed E-state index contributed by atoms with van der Waals surface area (Å²) >= 11 is 0. The molecule has 0 atom stereocenters. The van der Waals surface area contributed by atoms with Gasteiger partial charge in [-0.15, -0.1) is 0 Å². The van der Waals surface area contributed by atoms with Crippen LogP contribution in [0.25, 0.3) is 0 Å². The molecule has 0 bridgehead atoms. The lowest BCUT2D eigenvalue weighted by Crippen LogP contribution is -2.06. The summed E-state index contributed by atoms with van der Waals surface area (Å²) in [5.74, 6) is 0. The van der Waals surface area contributed by atoms with Gasteiger partial charge >= 0.3 is 0 Å². The molecule has 0 aromatic carbocycles. The molecule has 2 radical (unpaired) electrons. The molecule has 0 unspecified atom stereocenters. The fourth-order valence-electron chi connectivity index (χ4n) is 0.516. The van der Waals surface area contributed by atoms with Crippen molar-refractivity contribution >= 4 is 9.76 Å². The Labute approximate surface area is 67.1 Å². The number of rotatable bonds is 1. The Bertz CT molecular complexity index is 39.7. The number of hydrogen-bond acceptors (Lipinski definition) is 1. The van der Waals surface area contributed by atoms with Gasteiger partial charge in [-0.2, -0.15) is 0 Å². The van der Waals surface area contributed by atoms with Crippen LogP contribution in [-0.4, -0.2) is 16.4 Å². The van der Waals surface area contributed by atoms with Gasteiger partial charge in [-0.1, -0.05) is 33.1 Å². The van der Waals surface area contributed by atoms with Crippen molar-refractivity contribution in [2.45, 2.75) is 45.6 Å². The molecule has 2 heteroatoms. The third-order valence-corrected chi connectivity index (χ3v) is 2.34. The van der Waals surface area contributed by atoms with Crippen LogP contribution in [0.5, 0.6) is 0 Å². The van der Waals surface area contributed by atoms with Crippen molar-refractivity contribution < 1.29 is 4.43 Å². The van der Waals surface area contributed by atoms with E-state index in [0.717, 1.165) is 16.4 Å². The van der Waals surface area contributed by atoms with Crippen LogP contribution in [0.2, 0.25) is 6.04 Å². The Kier molecular flexibility index (Phi) is 9.34. The van der Waals surface area contributed by atoms with Gasteiger partial charge in [0.05, 0.1) is 0 Å². The zero-order chi connectivity index (χ0) is 7.66. The lowest BCUT2D eigenvalue weighted by atomic mass is 10.4. The first kappa shape index (κ1) is 10.2. The van der Waals surface area contributed by atoms with Crippen LogP contribution >= 0.6 is 0 Å². The molecule has 1 fully saturated rings. The Hall–Kier alpha value is 0.177. The normalized spacial score (nSPS) is 17.4. The van der Waals surface area contributed by atoms with E-state index in [1.165, 1.54) is 31.7 Å². The van der Waals surface area contributed by atoms with E-state index in [9.17, 15) is 0 Å². The zero-order valence-electron chi connectivity index (χ0n) is 7.15. The maximum absolute atomic E-state index is 5.10. The first-order valence-corrected chi connectivity index (χ1v) is 5.38. The maximum atomic E-state index is 5.10. The van der Waals surface area contributed by atoms with Crippen LogP contribution in [0.3, 0.4) is 0 Å². The predicted molar refractivity (Wildman–Crippen MR) is 46.3 cm³/mol. The fraction of sp³-hybridized carbons (Fsp3) is 1.00. The highest BCUT2D eigenvalue weighted by Gasteiger charge is 1.97. The molecule has 1 aliphatic heterocycles. The third-order valence-electron chi connectivity index (χ3n) is 1.38. The summed E-state index contributed by atoms with van der Waals surface area (Å²) in [5, 5.41) is 0. The maximum Gasteiger partial charge on any atom is 0.229 e. The van der Waals surface area contributed by atoms with E-state index in [-0.39, 0.29) is 0 Å². The smallest absolute Gasteiger partial charge is 0.229 e. The molecule has 1 nitrogen and oxygen atoms in total. The van der Waals surface area contributed by atoms with Crippen molar-refractivity contribution in [1.82, 2.24) is 0 Å². The summed E-state index contributed by atoms with van der Waals surface area (Å²) in [7, 11) is 0.802. The van der Waals surface area contributed by atoms with Crippen molar-refractivity contribution in [3.8, 4) is 0 Å². The molecule has 0 saturated carbocycles. The average molecular weight is 158 g/mol. The van der Waals surface area contributed by atoms with Gasteiger partial charge in [-0.05, 0) is 12.5 Å². The molecule has 1 saturated heterocycles. The molecule has 0 aromatic rings. The molecule has 1 rings (SSSR count). The van der Waals surface area contributed by atoms with E-state index in [0.29, 0.717) is 0 Å². The fourth-order valence-corrected chi connectivity index (χ4v) is 1.34. The lowest BCUT2D eigenvalue weighted by Gasteiger charge is -2.06. The summed E-state index contributed by atoms with van der Waals surface area (Å²) in [6, 6.07) is 1.31. The van der Waals surface area contributed by atoms with Crippen molar-refractivity contribution in [3.05, 3.63) is 0 Å². The minimum absolute atomic E-state index is 0.802. The van der Waals surface area contributed by atoms with Gasteiger partial charge < -0.3 is 4.43 Å². The molecule has 0 amide bonds. The minimum Gasteiger partial charge on any atom is -0.417 e. The summed E-state index contributed by atoms with van der Waals surface area (Å²) < 4.78 is 5.10. The van der Waals surface area contributed by atoms with Gasteiger partial charge in [0.25, 0.3) is 0 Å². The molecule has 10 heavy (non-hydrogen) atoms. The highest BCUT2D eigenvalue weighted by Crippen LogP contribution is 2.01. The Morgan fingerprint density at radius 1 is 1.20 bits per heavy atom. The van der Waals surface area contributed by atoms with Crippen molar-refractivity contribution in [2.24, 2.45) is 0 Å². The van der Waals surface area contributed by atoms with Gasteiger partial charge in [0.2, 0.25) is 9.76 Å². The zero-order valence-corrected chi connectivity index (χ0v) is 8.15. The van der Waals surface area contributed by atoms with Crippen LogP contribution in [0.1, 0.15) is 39.5 Å². The molecule has 0 aliphatic carbocycles. The largest absolute Gasteiger partial charge is 0.417 e. The molecular formula is C8H18OSi. The van der Waals surface area contributed by atoms with E-state index in [4.69, 9.17) is 4.43 Å². The topological polar surface area (TPSA) is 9.23 Å². The van der Waals surface area contributed by atoms with Gasteiger partial charge in [0, 0.05) is 6.61 Å². The molecule has 60 valence electrons. The first-order chi connectivity index (χ1) is 4.91. The molecule has 0 spiro atoms. The standard InChI is InChI=1S/C4H8OSi.C4H10/c1-2-4-6-5-3-1;1-3-4-2/h1-4H2;3-4H2,1-2H3. The molecular weight excluding hydrogens is 140 g/mol. The van der Waals surface area contributed by atoms with Crippen molar-refractivity contribution in [3.63, 3.8) is 0 Å². The van der Waals surface area contributed by atoms with Crippen LogP contribution in [0.4, 0.5) is 0 Å². The Morgan fingerprint density at radius 2 is 1.90 bits per heavy atom. The average Bonchev–Trinajstić information content (AvgIpc) is 2.08. The molecule has 1 heterocycles. The van der Waals surface area contributed by atoms with Gasteiger partial charge in [-0.25, -0.2) is 0 Å². The highest BCUT2D eigenvalue weighted by atomic mass is 28.2. The Balaban J connectivity index is 0.000000180. The Morgan fingerprint density at radius 3 is 2.00 bits per heavy atom. The predicted octanol–water partition coefficient (Wildman–Crippen LogP) is 2.64. The molecule has 0 N–H and O–H groups in total. The monoisotopic (exact) mass is 158 g/mol. The summed E-state index contributed by atoms with van der Waals surface area (Å²) in [4.78, 5) is 0. The number of hydrogen-bond donors (Lipinski definition) is 0. The van der Waals surface area contributed by atoms with Gasteiger partial charge in [0.15, 0.2) is 0 Å². The number of unbranched alkanes of at least 4 members (excludes halogenated alkanes) is 1. The molecule has 0 aromatic heterocycles. The van der Waals surface area contributed by atoms with Crippen LogP contribution in [0.15, 0.2) is 0 Å². The highest BCUT2D eigenvalue weighted by molar-refractivity contribution is 6.27. The van der Waals surface area contributed by atoms with Crippen LogP contribution < -0.4 is 0 Å². The third kappa shape index (κ3) is 8.18. The van der Waals surface area contributed by atoms with Gasteiger partial charge in [-0.3, -0.25) is 0 Å². The van der Waals surface area contributed by atoms with Gasteiger partial charge in [0.1, 0.15) is 0 Å². The lowest BCUT2D eigenvalue weighted by molar-refractivity contribution is 0.304. The SMILES string of the molecule is C1CC[Si]OC1.CCCC. The summed E-state index contributed by atoms with van der Waals surface area (Å²) in [6.45, 7) is 5.37. The van der Waals surface area contributed by atoms with E-state index in [1.807, 2.05) is 0 Å². The second-order valence-electron chi connectivity index (χ2n) is 2.45. The van der Waals surface area contributed by atoms with E-state index in [1.54, 1.807) is 0 Å². The quantitative estimate of drug-likeness (QED) is 0.533. The van der Waals surface area contributed by atoms with Crippen LogP contribution in [0, 0.1) is 0 Å². The second-order valence-corrected chi connectivity index (χ2v) is 3.53. The summed E-state index contributed by atoms with van der Waals surface area (Å²) in [6.07, 6.45) is 5.31. The van der Waals surface area contributed by atoms with Crippen molar-refractivity contribution in [1.29, 1.82) is 0 Å². The van der Waals surface area contributed by atoms with E-state index >= 15 is 0 Å². The van der Waals surface area contributed by atoms with E-state index in [2.05, 4.69) is 13.8 Å². The molecule has 1 aliphatic rings.